The minimum atomic E-state index is -0.212. The lowest BCUT2D eigenvalue weighted by Gasteiger charge is -2.32. The van der Waals surface area contributed by atoms with Crippen LogP contribution in [0.4, 0.5) is 4.39 Å². The number of carbonyl (C=O) groups excluding carboxylic acids is 1. The third kappa shape index (κ3) is 4.89. The molecule has 1 atom stereocenters. The van der Waals surface area contributed by atoms with Crippen LogP contribution in [-0.4, -0.2) is 23.9 Å². The molecule has 0 saturated carbocycles. The van der Waals surface area contributed by atoms with E-state index in [1.165, 1.54) is 17.7 Å². The van der Waals surface area contributed by atoms with Crippen molar-refractivity contribution in [2.24, 2.45) is 5.92 Å². The number of piperidine rings is 1. The van der Waals surface area contributed by atoms with E-state index in [2.05, 4.69) is 29.3 Å². The molecule has 1 aliphatic heterocycles. The normalized spacial score (nSPS) is 18.1. The summed E-state index contributed by atoms with van der Waals surface area (Å²) in [6, 6.07) is 14.7. The molecule has 0 aromatic heterocycles. The number of nitrogens with one attached hydrogen (secondary N) is 1. The Morgan fingerprint density at radius 3 is 2.72 bits per heavy atom. The Labute approximate surface area is 148 Å². The van der Waals surface area contributed by atoms with Crippen LogP contribution >= 0.6 is 0 Å². The second-order valence-electron chi connectivity index (χ2n) is 6.85. The molecule has 3 rings (SSSR count). The Morgan fingerprint density at radius 1 is 1.20 bits per heavy atom. The molecule has 1 aliphatic rings. The molecule has 132 valence electrons. The van der Waals surface area contributed by atoms with Crippen LogP contribution in [0.25, 0.3) is 0 Å². The summed E-state index contributed by atoms with van der Waals surface area (Å²) in [5.74, 6) is -0.0545. The third-order valence-corrected chi connectivity index (χ3v) is 4.91. The standard InChI is InChI=1S/C21H25FN2O/c1-16-5-2-3-6-18(16)13-23-21(25)19-7-4-12-24(15-19)14-17-8-10-20(22)11-9-17/h2-3,5-6,8-11,19H,4,7,12-15H2,1H3,(H,23,25)/t19-/m0/s1. The number of aryl methyl sites for hydroxylation is 1. The van der Waals surface area contributed by atoms with E-state index in [-0.39, 0.29) is 17.6 Å². The SMILES string of the molecule is Cc1ccccc1CNC(=O)[C@H]1CCCN(Cc2ccc(F)cc2)C1. The maximum absolute atomic E-state index is 13.0. The summed E-state index contributed by atoms with van der Waals surface area (Å²) >= 11 is 0. The van der Waals surface area contributed by atoms with Gasteiger partial charge in [0.25, 0.3) is 0 Å². The maximum atomic E-state index is 13.0. The monoisotopic (exact) mass is 340 g/mol. The average molecular weight is 340 g/mol. The van der Waals surface area contributed by atoms with Crippen molar-refractivity contribution in [2.45, 2.75) is 32.9 Å². The van der Waals surface area contributed by atoms with E-state index in [1.54, 1.807) is 0 Å². The highest BCUT2D eigenvalue weighted by atomic mass is 19.1. The molecule has 1 heterocycles. The predicted octanol–water partition coefficient (Wildman–Crippen LogP) is 3.66. The lowest BCUT2D eigenvalue weighted by atomic mass is 9.96. The van der Waals surface area contributed by atoms with Gasteiger partial charge in [0.2, 0.25) is 5.91 Å². The molecule has 0 spiro atoms. The van der Waals surface area contributed by atoms with Gasteiger partial charge < -0.3 is 5.32 Å². The number of likely N-dealkylation sites (tertiary alicyclic amines) is 1. The first-order chi connectivity index (χ1) is 12.1. The first-order valence-corrected chi connectivity index (χ1v) is 8.91. The number of halogens is 1. The highest BCUT2D eigenvalue weighted by molar-refractivity contribution is 5.79. The van der Waals surface area contributed by atoms with Gasteiger partial charge in [-0.3, -0.25) is 9.69 Å². The number of hydrogen-bond acceptors (Lipinski definition) is 2. The molecular weight excluding hydrogens is 315 g/mol. The molecule has 1 fully saturated rings. The molecule has 0 radical (unpaired) electrons. The molecule has 2 aromatic rings. The summed E-state index contributed by atoms with van der Waals surface area (Å²) in [5.41, 5.74) is 3.45. The molecule has 4 heteroatoms. The third-order valence-electron chi connectivity index (χ3n) is 4.91. The molecule has 0 bridgehead atoms. The van der Waals surface area contributed by atoms with Crippen LogP contribution in [0.3, 0.4) is 0 Å². The molecule has 3 nitrogen and oxygen atoms in total. The quantitative estimate of drug-likeness (QED) is 0.901. The van der Waals surface area contributed by atoms with E-state index in [9.17, 15) is 9.18 Å². The zero-order valence-corrected chi connectivity index (χ0v) is 14.7. The van der Waals surface area contributed by atoms with E-state index >= 15 is 0 Å². The Morgan fingerprint density at radius 2 is 1.96 bits per heavy atom. The number of amides is 1. The molecular formula is C21H25FN2O. The molecule has 0 aliphatic carbocycles. The first-order valence-electron chi connectivity index (χ1n) is 8.91. The van der Waals surface area contributed by atoms with Crippen LogP contribution in [-0.2, 0) is 17.9 Å². The largest absolute Gasteiger partial charge is 0.352 e. The van der Waals surface area contributed by atoms with E-state index in [0.717, 1.165) is 43.6 Å². The van der Waals surface area contributed by atoms with Gasteiger partial charge in [0.1, 0.15) is 5.82 Å². The van der Waals surface area contributed by atoms with Crippen molar-refractivity contribution in [2.75, 3.05) is 13.1 Å². The predicted molar refractivity (Wildman–Crippen MR) is 97.4 cm³/mol. The van der Waals surface area contributed by atoms with E-state index in [1.807, 2.05) is 24.3 Å². The maximum Gasteiger partial charge on any atom is 0.224 e. The summed E-state index contributed by atoms with van der Waals surface area (Å²) in [6.45, 7) is 5.16. The lowest BCUT2D eigenvalue weighted by Crippen LogP contribution is -2.42. The van der Waals surface area contributed by atoms with Gasteiger partial charge in [-0.2, -0.15) is 0 Å². The minimum Gasteiger partial charge on any atom is -0.352 e. The average Bonchev–Trinajstić information content (AvgIpc) is 2.63. The van der Waals surface area contributed by atoms with E-state index < -0.39 is 0 Å². The van der Waals surface area contributed by atoms with Gasteiger partial charge in [-0.15, -0.1) is 0 Å². The van der Waals surface area contributed by atoms with Crippen LogP contribution in [0.2, 0.25) is 0 Å². The smallest absolute Gasteiger partial charge is 0.224 e. The van der Waals surface area contributed by atoms with E-state index in [0.29, 0.717) is 6.54 Å². The Hall–Kier alpha value is -2.20. The van der Waals surface area contributed by atoms with Crippen LogP contribution in [0.5, 0.6) is 0 Å². The Kier molecular flexibility index (Phi) is 5.82. The van der Waals surface area contributed by atoms with Gasteiger partial charge >= 0.3 is 0 Å². The minimum absolute atomic E-state index is 0.0261. The van der Waals surface area contributed by atoms with Crippen molar-refractivity contribution in [1.29, 1.82) is 0 Å². The number of rotatable bonds is 5. The molecule has 1 saturated heterocycles. The van der Waals surface area contributed by atoms with Gasteiger partial charge in [-0.25, -0.2) is 4.39 Å². The highest BCUT2D eigenvalue weighted by Gasteiger charge is 2.25. The fourth-order valence-corrected chi connectivity index (χ4v) is 3.40. The van der Waals surface area contributed by atoms with Gasteiger partial charge in [-0.05, 0) is 55.1 Å². The van der Waals surface area contributed by atoms with Crippen LogP contribution in [0.1, 0.15) is 29.5 Å². The van der Waals surface area contributed by atoms with Crippen LogP contribution in [0, 0.1) is 18.7 Å². The van der Waals surface area contributed by atoms with Crippen LogP contribution in [0.15, 0.2) is 48.5 Å². The molecule has 25 heavy (non-hydrogen) atoms. The second kappa shape index (κ2) is 8.26. The van der Waals surface area contributed by atoms with Crippen molar-refractivity contribution >= 4 is 5.91 Å². The van der Waals surface area contributed by atoms with Crippen molar-refractivity contribution in [3.05, 3.63) is 71.0 Å². The number of benzene rings is 2. The summed E-state index contributed by atoms with van der Waals surface area (Å²) in [5, 5.41) is 3.09. The summed E-state index contributed by atoms with van der Waals surface area (Å²) in [6.07, 6.45) is 1.95. The molecule has 1 amide bonds. The van der Waals surface area contributed by atoms with Gasteiger partial charge in [0.15, 0.2) is 0 Å². The molecule has 2 aromatic carbocycles. The van der Waals surface area contributed by atoms with Crippen molar-refractivity contribution in [3.8, 4) is 0 Å². The van der Waals surface area contributed by atoms with Gasteiger partial charge in [0, 0.05) is 19.6 Å². The fraction of sp³-hybridized carbons (Fsp3) is 0.381. The summed E-state index contributed by atoms with van der Waals surface area (Å²) in [7, 11) is 0. The zero-order chi connectivity index (χ0) is 17.6. The summed E-state index contributed by atoms with van der Waals surface area (Å²) in [4.78, 5) is 14.8. The Balaban J connectivity index is 1.52. The first kappa shape index (κ1) is 17.6. The number of carbonyl (C=O) groups is 1. The van der Waals surface area contributed by atoms with Crippen LogP contribution < -0.4 is 5.32 Å². The number of nitrogens with zero attached hydrogens (tertiary/aromatic N) is 1. The van der Waals surface area contributed by atoms with Gasteiger partial charge in [-0.1, -0.05) is 36.4 Å². The molecule has 0 unspecified atom stereocenters. The zero-order valence-electron chi connectivity index (χ0n) is 14.7. The highest BCUT2D eigenvalue weighted by Crippen LogP contribution is 2.19. The topological polar surface area (TPSA) is 32.3 Å². The van der Waals surface area contributed by atoms with Crippen molar-refractivity contribution in [1.82, 2.24) is 10.2 Å². The molecule has 1 N–H and O–H groups in total. The summed E-state index contributed by atoms with van der Waals surface area (Å²) < 4.78 is 13.0. The Bertz CT molecular complexity index is 714. The van der Waals surface area contributed by atoms with Crippen molar-refractivity contribution < 1.29 is 9.18 Å². The fourth-order valence-electron chi connectivity index (χ4n) is 3.40. The van der Waals surface area contributed by atoms with Gasteiger partial charge in [0.05, 0.1) is 5.92 Å². The van der Waals surface area contributed by atoms with Crippen molar-refractivity contribution in [3.63, 3.8) is 0 Å². The second-order valence-corrected chi connectivity index (χ2v) is 6.85. The number of hydrogen-bond donors (Lipinski definition) is 1. The van der Waals surface area contributed by atoms with E-state index in [4.69, 9.17) is 0 Å². The lowest BCUT2D eigenvalue weighted by molar-refractivity contribution is -0.126.